The Morgan fingerprint density at radius 1 is 1.30 bits per heavy atom. The zero-order chi connectivity index (χ0) is 23.0. The molecule has 6 heteroatoms. The van der Waals surface area contributed by atoms with Gasteiger partial charge < -0.3 is 19.8 Å². The van der Waals surface area contributed by atoms with E-state index in [1.165, 1.54) is 18.4 Å². The minimum atomic E-state index is -0.907. The van der Waals surface area contributed by atoms with Crippen LogP contribution in [0.5, 0.6) is 11.5 Å². The quantitative estimate of drug-likeness (QED) is 0.649. The fourth-order valence-electron chi connectivity index (χ4n) is 7.48. The predicted molar refractivity (Wildman–Crippen MR) is 125 cm³/mol. The number of hydrogen-bond acceptors (Lipinski definition) is 5. The van der Waals surface area contributed by atoms with Gasteiger partial charge in [-0.05, 0) is 75.1 Å². The zero-order valence-electron chi connectivity index (χ0n) is 19.8. The van der Waals surface area contributed by atoms with E-state index in [1.54, 1.807) is 12.1 Å². The van der Waals surface area contributed by atoms with Gasteiger partial charge in [0.2, 0.25) is 5.91 Å². The van der Waals surface area contributed by atoms with Gasteiger partial charge in [0, 0.05) is 25.2 Å². The van der Waals surface area contributed by atoms with E-state index < -0.39 is 11.0 Å². The lowest BCUT2D eigenvalue weighted by Gasteiger charge is -2.64. The molecule has 2 N–H and O–H groups in total. The molecule has 1 spiro atoms. The molecule has 178 valence electrons. The fraction of sp³-hybridized carbons (Fsp3) is 0.667. The van der Waals surface area contributed by atoms with Crippen molar-refractivity contribution in [2.24, 2.45) is 5.92 Å². The van der Waals surface area contributed by atoms with E-state index in [0.717, 1.165) is 50.3 Å². The molecular weight excluding hydrogens is 416 g/mol. The van der Waals surface area contributed by atoms with E-state index in [-0.39, 0.29) is 29.8 Å². The van der Waals surface area contributed by atoms with Gasteiger partial charge in [-0.2, -0.15) is 0 Å². The summed E-state index contributed by atoms with van der Waals surface area (Å²) in [6.45, 7) is 4.10. The molecule has 2 heterocycles. The van der Waals surface area contributed by atoms with Crippen molar-refractivity contribution >= 4 is 5.91 Å². The van der Waals surface area contributed by atoms with Crippen molar-refractivity contribution in [3.63, 3.8) is 0 Å². The van der Waals surface area contributed by atoms with E-state index in [1.807, 2.05) is 24.1 Å². The minimum Gasteiger partial charge on any atom is -0.504 e. The van der Waals surface area contributed by atoms with Gasteiger partial charge in [0.25, 0.3) is 0 Å². The van der Waals surface area contributed by atoms with E-state index >= 15 is 0 Å². The second-order valence-corrected chi connectivity index (χ2v) is 11.0. The summed E-state index contributed by atoms with van der Waals surface area (Å²) in [4.78, 5) is 17.4. The van der Waals surface area contributed by atoms with Crippen molar-refractivity contribution in [3.05, 3.63) is 35.4 Å². The lowest BCUT2D eigenvalue weighted by atomic mass is 9.48. The van der Waals surface area contributed by atoms with Crippen LogP contribution in [-0.4, -0.2) is 69.8 Å². The van der Waals surface area contributed by atoms with Crippen LogP contribution in [0.25, 0.3) is 0 Å². The molecule has 2 saturated carbocycles. The Morgan fingerprint density at radius 3 is 2.88 bits per heavy atom. The monoisotopic (exact) mass is 452 g/mol. The Balaban J connectivity index is 1.42. The molecule has 0 aromatic heterocycles. The average Bonchev–Trinajstić information content (AvgIpc) is 3.54. The van der Waals surface area contributed by atoms with Crippen LogP contribution in [0, 0.1) is 5.92 Å². The third-order valence-corrected chi connectivity index (χ3v) is 9.29. The van der Waals surface area contributed by atoms with Crippen LogP contribution < -0.4 is 4.74 Å². The molecule has 6 nitrogen and oxygen atoms in total. The highest BCUT2D eigenvalue weighted by Gasteiger charge is 2.73. The standard InChI is InChI=1S/C27H36N2O4/c1-3-4-5-6-22(31)28(2)19-11-12-27(32)21-15-18-9-10-20(30)24-23(18)26(27,25(19)33-24)13-14-29(21)16-17-7-8-17/h5-6,9-10,17,19,21,25,30,32H,3-4,7-8,11-16H2,1-2H3/b6-5+/t19?,21-,25?,26+,27-/m1/s1. The number of ether oxygens (including phenoxy) is 1. The first kappa shape index (κ1) is 21.5. The molecule has 33 heavy (non-hydrogen) atoms. The highest BCUT2D eigenvalue weighted by atomic mass is 16.5. The number of unbranched alkanes of at least 4 members (excludes halogenated alkanes) is 1. The number of aromatic hydroxyl groups is 1. The summed E-state index contributed by atoms with van der Waals surface area (Å²) >= 11 is 0. The predicted octanol–water partition coefficient (Wildman–Crippen LogP) is 3.14. The second-order valence-electron chi connectivity index (χ2n) is 11.0. The number of piperidine rings is 1. The highest BCUT2D eigenvalue weighted by molar-refractivity contribution is 5.87. The lowest BCUT2D eigenvalue weighted by Crippen LogP contribution is -2.78. The molecule has 5 atom stereocenters. The van der Waals surface area contributed by atoms with Crippen molar-refractivity contribution in [1.29, 1.82) is 0 Å². The number of hydrogen-bond donors (Lipinski definition) is 2. The maximum Gasteiger partial charge on any atom is 0.246 e. The number of benzene rings is 1. The maximum absolute atomic E-state index is 13.0. The van der Waals surface area contributed by atoms with Crippen molar-refractivity contribution in [2.75, 3.05) is 20.1 Å². The summed E-state index contributed by atoms with van der Waals surface area (Å²) in [6, 6.07) is 3.69. The van der Waals surface area contributed by atoms with E-state index in [4.69, 9.17) is 4.74 Å². The van der Waals surface area contributed by atoms with E-state index in [0.29, 0.717) is 18.6 Å². The molecule has 3 aliphatic carbocycles. The van der Waals surface area contributed by atoms with Gasteiger partial charge in [0.05, 0.1) is 17.1 Å². The Bertz CT molecular complexity index is 1000. The summed E-state index contributed by atoms with van der Waals surface area (Å²) in [7, 11) is 1.86. The molecule has 0 radical (unpaired) electrons. The van der Waals surface area contributed by atoms with Crippen LogP contribution in [0.4, 0.5) is 0 Å². The number of nitrogens with zero attached hydrogens (tertiary/aromatic N) is 2. The SMILES string of the molecule is CCC/C=C/C(=O)N(C)C1CC[C@@]2(O)[C@H]3Cc4ccc(O)c5c4[C@@]2(CCN3CC2CC2)C1O5. The van der Waals surface area contributed by atoms with E-state index in [9.17, 15) is 15.0 Å². The molecule has 5 aliphatic rings. The third kappa shape index (κ3) is 2.89. The second kappa shape index (κ2) is 7.47. The van der Waals surface area contributed by atoms with Crippen LogP contribution in [0.1, 0.15) is 63.0 Å². The van der Waals surface area contributed by atoms with Gasteiger partial charge >= 0.3 is 0 Å². The Labute approximate surface area is 196 Å². The highest BCUT2D eigenvalue weighted by Crippen LogP contribution is 2.66. The summed E-state index contributed by atoms with van der Waals surface area (Å²) in [5.74, 6) is 1.44. The number of likely N-dealkylation sites (tertiary alicyclic amines) is 1. The number of rotatable bonds is 6. The summed E-state index contributed by atoms with van der Waals surface area (Å²) in [5.41, 5.74) is 0.724. The van der Waals surface area contributed by atoms with Crippen LogP contribution in [-0.2, 0) is 16.6 Å². The molecule has 6 rings (SSSR count). The zero-order valence-corrected chi connectivity index (χ0v) is 19.8. The Morgan fingerprint density at radius 2 is 2.12 bits per heavy atom. The van der Waals surface area contributed by atoms with Gasteiger partial charge in [-0.15, -0.1) is 0 Å². The molecule has 1 saturated heterocycles. The largest absolute Gasteiger partial charge is 0.504 e. The lowest BCUT2D eigenvalue weighted by molar-refractivity contribution is -0.200. The Kier molecular flexibility index (Phi) is 4.87. The van der Waals surface area contributed by atoms with Crippen LogP contribution in [0.3, 0.4) is 0 Å². The molecule has 2 aliphatic heterocycles. The van der Waals surface area contributed by atoms with Crippen LogP contribution in [0.2, 0.25) is 0 Å². The van der Waals surface area contributed by atoms with Crippen LogP contribution in [0.15, 0.2) is 24.3 Å². The topological polar surface area (TPSA) is 73.2 Å². The number of aliphatic hydroxyl groups is 1. The van der Waals surface area contributed by atoms with Gasteiger partial charge in [-0.1, -0.05) is 25.5 Å². The number of carbonyl (C=O) groups is 1. The first-order valence-electron chi connectivity index (χ1n) is 12.8. The molecule has 3 fully saturated rings. The first-order valence-corrected chi connectivity index (χ1v) is 12.8. The number of amides is 1. The number of phenolic OH excluding ortho intramolecular Hbond substituents is 1. The maximum atomic E-state index is 13.0. The smallest absolute Gasteiger partial charge is 0.246 e. The molecule has 2 bridgehead atoms. The summed E-state index contributed by atoms with van der Waals surface area (Å²) in [6.07, 6.45) is 10.7. The number of phenols is 1. The average molecular weight is 453 g/mol. The van der Waals surface area contributed by atoms with Gasteiger partial charge in [-0.25, -0.2) is 0 Å². The summed E-state index contributed by atoms with van der Waals surface area (Å²) < 4.78 is 6.57. The minimum absolute atomic E-state index is 0.0159. The summed E-state index contributed by atoms with van der Waals surface area (Å²) in [5, 5.41) is 23.2. The van der Waals surface area contributed by atoms with Crippen molar-refractivity contribution in [2.45, 2.75) is 87.5 Å². The Hall–Kier alpha value is -2.05. The van der Waals surface area contributed by atoms with Crippen molar-refractivity contribution in [3.8, 4) is 11.5 Å². The third-order valence-electron chi connectivity index (χ3n) is 9.29. The molecule has 2 unspecified atom stereocenters. The molecular formula is C27H36N2O4. The van der Waals surface area contributed by atoms with Crippen LogP contribution >= 0.6 is 0 Å². The first-order chi connectivity index (χ1) is 15.9. The van der Waals surface area contributed by atoms with Gasteiger partial charge in [0.1, 0.15) is 6.10 Å². The molecule has 1 aromatic carbocycles. The number of carbonyl (C=O) groups excluding carboxylic acids is 1. The normalized spacial score (nSPS) is 36.5. The number of likely N-dealkylation sites (N-methyl/N-ethyl adjacent to an activating group) is 1. The van der Waals surface area contributed by atoms with Gasteiger partial charge in [0.15, 0.2) is 11.5 Å². The van der Waals surface area contributed by atoms with Gasteiger partial charge in [-0.3, -0.25) is 9.69 Å². The molecule has 1 aromatic rings. The van der Waals surface area contributed by atoms with Crippen molar-refractivity contribution in [1.82, 2.24) is 9.80 Å². The number of allylic oxidation sites excluding steroid dienone is 1. The molecule has 1 amide bonds. The van der Waals surface area contributed by atoms with Crippen molar-refractivity contribution < 1.29 is 19.7 Å². The fourth-order valence-corrected chi connectivity index (χ4v) is 7.48. The van der Waals surface area contributed by atoms with E-state index in [2.05, 4.69) is 11.8 Å².